The first-order valence-corrected chi connectivity index (χ1v) is 4.46. The molecule has 0 spiro atoms. The molecule has 0 radical (unpaired) electrons. The van der Waals surface area contributed by atoms with Gasteiger partial charge < -0.3 is 15.6 Å². The average molecular weight is 238 g/mol. The van der Waals surface area contributed by atoms with Crippen molar-refractivity contribution in [1.29, 1.82) is 0 Å². The van der Waals surface area contributed by atoms with Gasteiger partial charge in [-0.3, -0.25) is 4.84 Å². The third kappa shape index (κ3) is 3.49. The molecule has 3 N–H and O–H groups in total. The first kappa shape index (κ1) is 12.5. The van der Waals surface area contributed by atoms with Crippen LogP contribution >= 0.6 is 0 Å². The molecule has 0 aliphatic rings. The van der Waals surface area contributed by atoms with Crippen molar-refractivity contribution >= 4 is 18.0 Å². The van der Waals surface area contributed by atoms with E-state index in [1.54, 1.807) is 0 Å². The zero-order valence-corrected chi connectivity index (χ0v) is 8.91. The molecule has 0 aliphatic heterocycles. The average Bonchev–Trinajstić information content (AvgIpc) is 2.35. The van der Waals surface area contributed by atoms with E-state index in [9.17, 15) is 9.59 Å². The number of nitrogens with zero attached hydrogens (tertiary/aromatic N) is 1. The normalized spacial score (nSPS) is 10.8. The fourth-order valence-corrected chi connectivity index (χ4v) is 0.960. The maximum atomic E-state index is 10.6. The van der Waals surface area contributed by atoms with Crippen LogP contribution in [0.5, 0.6) is 0 Å². The number of oxime groups is 1. The van der Waals surface area contributed by atoms with Crippen LogP contribution in [0.1, 0.15) is 15.9 Å². The number of amidine groups is 1. The number of methoxy groups -OCH3 is 1. The van der Waals surface area contributed by atoms with Gasteiger partial charge in [0.15, 0.2) is 5.84 Å². The lowest BCUT2D eigenvalue weighted by Crippen LogP contribution is -2.15. The van der Waals surface area contributed by atoms with Crippen LogP contribution in [0.3, 0.4) is 0 Å². The second kappa shape index (κ2) is 5.50. The summed E-state index contributed by atoms with van der Waals surface area (Å²) in [7, 11) is 1.13. The van der Waals surface area contributed by atoms with E-state index in [-0.39, 0.29) is 11.4 Å². The Hall–Kier alpha value is -2.57. The Kier molecular flexibility index (Phi) is 4.04. The third-order valence-corrected chi connectivity index (χ3v) is 1.81. The highest BCUT2D eigenvalue weighted by Crippen LogP contribution is 2.04. The number of carbonyl (C=O) groups excluding carboxylic acids is 1. The minimum absolute atomic E-state index is 0.0626. The zero-order chi connectivity index (χ0) is 12.8. The van der Waals surface area contributed by atoms with Crippen LogP contribution in [0, 0.1) is 0 Å². The molecule has 0 bridgehead atoms. The quantitative estimate of drug-likeness (QED) is 0.265. The molecule has 17 heavy (non-hydrogen) atoms. The Morgan fingerprint density at radius 3 is 2.24 bits per heavy atom. The van der Waals surface area contributed by atoms with Gasteiger partial charge in [-0.2, -0.15) is 0 Å². The number of carbonyl (C=O) groups is 2. The monoisotopic (exact) mass is 238 g/mol. The molecule has 1 aromatic rings. The van der Waals surface area contributed by atoms with E-state index in [0.717, 1.165) is 7.11 Å². The zero-order valence-electron chi connectivity index (χ0n) is 8.91. The van der Waals surface area contributed by atoms with Gasteiger partial charge in [0.25, 0.3) is 0 Å². The van der Waals surface area contributed by atoms with Crippen LogP contribution in [0.25, 0.3) is 0 Å². The van der Waals surface area contributed by atoms with E-state index in [1.807, 2.05) is 0 Å². The Morgan fingerprint density at radius 2 is 1.76 bits per heavy atom. The molecule has 0 saturated heterocycles. The van der Waals surface area contributed by atoms with Gasteiger partial charge in [0.05, 0.1) is 12.7 Å². The van der Waals surface area contributed by atoms with Crippen molar-refractivity contribution in [2.75, 3.05) is 7.11 Å². The van der Waals surface area contributed by atoms with E-state index < -0.39 is 12.1 Å². The van der Waals surface area contributed by atoms with Gasteiger partial charge in [-0.05, 0) is 12.1 Å². The second-order valence-corrected chi connectivity index (χ2v) is 2.90. The van der Waals surface area contributed by atoms with E-state index in [0.29, 0.717) is 5.56 Å². The topological polar surface area (TPSA) is 111 Å². The smallest absolute Gasteiger partial charge is 0.478 e. The van der Waals surface area contributed by atoms with E-state index in [4.69, 9.17) is 10.8 Å². The molecule has 0 aliphatic carbocycles. The van der Waals surface area contributed by atoms with Crippen LogP contribution in [0.15, 0.2) is 29.4 Å². The highest BCUT2D eigenvalue weighted by molar-refractivity contribution is 5.98. The second-order valence-electron chi connectivity index (χ2n) is 2.90. The fraction of sp³-hybridized carbons (Fsp3) is 0.100. The largest absolute Gasteiger partial charge is 0.534 e. The highest BCUT2D eigenvalue weighted by Gasteiger charge is 2.05. The van der Waals surface area contributed by atoms with Crippen LogP contribution in [0.2, 0.25) is 0 Å². The van der Waals surface area contributed by atoms with Crippen molar-refractivity contribution in [3.63, 3.8) is 0 Å². The van der Waals surface area contributed by atoms with Crippen molar-refractivity contribution in [2.24, 2.45) is 10.9 Å². The molecule has 0 saturated carbocycles. The van der Waals surface area contributed by atoms with Crippen LogP contribution in [-0.4, -0.2) is 30.2 Å². The molecule has 0 aromatic heterocycles. The number of rotatable bonds is 3. The van der Waals surface area contributed by atoms with E-state index in [1.165, 1.54) is 24.3 Å². The number of nitrogens with two attached hydrogens (primary N) is 1. The number of benzene rings is 1. The Balaban J connectivity index is 2.79. The van der Waals surface area contributed by atoms with Gasteiger partial charge in [0, 0.05) is 5.56 Å². The Morgan fingerprint density at radius 1 is 1.24 bits per heavy atom. The summed E-state index contributed by atoms with van der Waals surface area (Å²) in [5, 5.41) is 12.0. The van der Waals surface area contributed by atoms with Gasteiger partial charge in [-0.15, -0.1) is 0 Å². The number of hydrogen-bond acceptors (Lipinski definition) is 5. The third-order valence-electron chi connectivity index (χ3n) is 1.81. The summed E-state index contributed by atoms with van der Waals surface area (Å²) in [6.07, 6.45) is -0.991. The molecule has 0 amide bonds. The Bertz CT molecular complexity index is 452. The maximum Gasteiger partial charge on any atom is 0.534 e. The van der Waals surface area contributed by atoms with E-state index >= 15 is 0 Å². The number of hydrogen-bond donors (Lipinski definition) is 2. The Labute approximate surface area is 96.4 Å². The molecule has 0 heterocycles. The predicted octanol–water partition coefficient (Wildman–Crippen LogP) is 0.788. The number of carboxylic acids is 1. The molecular formula is C10H10N2O5. The number of carboxylic acid groups (broad SMARTS) is 1. The SMILES string of the molecule is COC(=O)ON=C(N)c1ccc(C(=O)O)cc1. The molecule has 0 fully saturated rings. The summed E-state index contributed by atoms with van der Waals surface area (Å²) < 4.78 is 4.19. The van der Waals surface area contributed by atoms with Crippen LogP contribution in [-0.2, 0) is 9.57 Å². The molecule has 1 rings (SSSR count). The standard InChI is InChI=1S/C10H10N2O5/c1-16-10(15)17-12-8(11)6-2-4-7(5-3-6)9(13)14/h2-5H,1H3,(H2,11,12)(H,13,14). The lowest BCUT2D eigenvalue weighted by atomic mass is 10.1. The van der Waals surface area contributed by atoms with Crippen LogP contribution in [0.4, 0.5) is 4.79 Å². The molecule has 7 heteroatoms. The predicted molar refractivity (Wildman–Crippen MR) is 57.6 cm³/mol. The fourth-order valence-electron chi connectivity index (χ4n) is 0.960. The molecular weight excluding hydrogens is 228 g/mol. The maximum absolute atomic E-state index is 10.6. The van der Waals surface area contributed by atoms with Crippen LogP contribution < -0.4 is 5.73 Å². The first-order valence-electron chi connectivity index (χ1n) is 4.46. The first-order chi connectivity index (χ1) is 8.04. The molecule has 0 atom stereocenters. The van der Waals surface area contributed by atoms with Crippen molar-refractivity contribution in [2.45, 2.75) is 0 Å². The molecule has 90 valence electrons. The summed E-state index contributed by atoms with van der Waals surface area (Å²) in [4.78, 5) is 25.5. The lowest BCUT2D eigenvalue weighted by molar-refractivity contribution is 0.0695. The van der Waals surface area contributed by atoms with Crippen molar-refractivity contribution in [3.8, 4) is 0 Å². The molecule has 1 aromatic carbocycles. The van der Waals surface area contributed by atoms with Gasteiger partial charge >= 0.3 is 12.1 Å². The van der Waals surface area contributed by atoms with Crippen molar-refractivity contribution in [3.05, 3.63) is 35.4 Å². The minimum atomic E-state index is -1.04. The summed E-state index contributed by atoms with van der Waals surface area (Å²) in [5.41, 5.74) is 6.04. The van der Waals surface area contributed by atoms with Gasteiger partial charge in [-0.25, -0.2) is 9.59 Å². The molecule has 0 unspecified atom stereocenters. The van der Waals surface area contributed by atoms with Crippen molar-refractivity contribution in [1.82, 2.24) is 0 Å². The summed E-state index contributed by atoms with van der Waals surface area (Å²) in [6, 6.07) is 5.61. The van der Waals surface area contributed by atoms with Gasteiger partial charge in [0.2, 0.25) is 0 Å². The molecule has 7 nitrogen and oxygen atoms in total. The lowest BCUT2D eigenvalue weighted by Gasteiger charge is -2.00. The van der Waals surface area contributed by atoms with Crippen molar-refractivity contribution < 1.29 is 24.3 Å². The summed E-state index contributed by atoms with van der Waals surface area (Å²) in [6.45, 7) is 0. The minimum Gasteiger partial charge on any atom is -0.478 e. The highest BCUT2D eigenvalue weighted by atomic mass is 16.8. The summed E-state index contributed by atoms with van der Waals surface area (Å²) in [5.74, 6) is -1.11. The van der Waals surface area contributed by atoms with Gasteiger partial charge in [0.1, 0.15) is 0 Å². The number of ether oxygens (including phenoxy) is 1. The summed E-state index contributed by atoms with van der Waals surface area (Å²) >= 11 is 0. The van der Waals surface area contributed by atoms with Gasteiger partial charge in [-0.1, -0.05) is 17.3 Å². The number of aromatic carboxylic acids is 1. The van der Waals surface area contributed by atoms with E-state index in [2.05, 4.69) is 14.7 Å².